The number of aryl methyl sites for hydroxylation is 1. The fourth-order valence-corrected chi connectivity index (χ4v) is 2.64. The Morgan fingerprint density at radius 1 is 1.13 bits per heavy atom. The minimum atomic E-state index is -0.448. The van der Waals surface area contributed by atoms with Gasteiger partial charge in [-0.05, 0) is 74.4 Å². The van der Waals surface area contributed by atoms with E-state index in [0.717, 1.165) is 16.5 Å². The zero-order valence-electron chi connectivity index (χ0n) is 17.0. The maximum Gasteiger partial charge on any atom is 0.276 e. The molecule has 2 amide bonds. The van der Waals surface area contributed by atoms with E-state index in [9.17, 15) is 9.59 Å². The zero-order chi connectivity index (χ0) is 22.1. The minimum absolute atomic E-state index is 0.0407. The van der Waals surface area contributed by atoms with Crippen molar-refractivity contribution in [1.29, 1.82) is 0 Å². The molecule has 0 saturated carbocycles. The van der Waals surface area contributed by atoms with Crippen LogP contribution >= 0.6 is 28.1 Å². The van der Waals surface area contributed by atoms with Crippen LogP contribution in [0.1, 0.15) is 36.2 Å². The van der Waals surface area contributed by atoms with Crippen molar-refractivity contribution in [2.45, 2.75) is 33.3 Å². The van der Waals surface area contributed by atoms with Crippen molar-refractivity contribution in [3.05, 3.63) is 58.1 Å². The lowest BCUT2D eigenvalue weighted by Gasteiger charge is -2.14. The van der Waals surface area contributed by atoms with Gasteiger partial charge >= 0.3 is 0 Å². The van der Waals surface area contributed by atoms with Crippen molar-refractivity contribution < 1.29 is 19.1 Å². The molecule has 0 radical (unpaired) electrons. The van der Waals surface area contributed by atoms with Crippen LogP contribution in [-0.2, 0) is 4.79 Å². The number of hydrazine groups is 1. The molecule has 30 heavy (non-hydrogen) atoms. The highest BCUT2D eigenvalue weighted by Gasteiger charge is 2.11. The number of amides is 2. The number of hydrogen-bond donors (Lipinski definition) is 3. The topological polar surface area (TPSA) is 88.7 Å². The standard InChI is InChI=1S/C21H24BrN3O4S/c1-4-14(3)29-17-7-5-6-15(11-17)20(27)23-21(30)25-24-19(26)12-28-16-8-9-18(22)13(2)10-16/h5-11,14H,4,12H2,1-3H3,(H,24,26)(H2,23,25,27,30). The first-order valence-electron chi connectivity index (χ1n) is 9.34. The molecule has 160 valence electrons. The second-order valence-corrected chi connectivity index (χ2v) is 7.78. The van der Waals surface area contributed by atoms with E-state index in [2.05, 4.69) is 32.1 Å². The monoisotopic (exact) mass is 493 g/mol. The van der Waals surface area contributed by atoms with Crippen LogP contribution in [0.4, 0.5) is 0 Å². The molecule has 0 aromatic heterocycles. The molecule has 1 unspecified atom stereocenters. The summed E-state index contributed by atoms with van der Waals surface area (Å²) in [6.45, 7) is 5.69. The number of halogens is 1. The summed E-state index contributed by atoms with van der Waals surface area (Å²) in [6, 6.07) is 12.2. The molecule has 1 atom stereocenters. The number of benzene rings is 2. The van der Waals surface area contributed by atoms with Gasteiger partial charge in [-0.2, -0.15) is 0 Å². The van der Waals surface area contributed by atoms with E-state index >= 15 is 0 Å². The van der Waals surface area contributed by atoms with E-state index in [1.807, 2.05) is 32.9 Å². The molecule has 2 aromatic rings. The summed E-state index contributed by atoms with van der Waals surface area (Å²) >= 11 is 8.45. The van der Waals surface area contributed by atoms with Gasteiger partial charge in [-0.25, -0.2) is 0 Å². The molecule has 0 aliphatic heterocycles. The minimum Gasteiger partial charge on any atom is -0.491 e. The van der Waals surface area contributed by atoms with Crippen molar-refractivity contribution >= 4 is 45.1 Å². The molecule has 0 heterocycles. The van der Waals surface area contributed by atoms with E-state index in [-0.39, 0.29) is 17.8 Å². The van der Waals surface area contributed by atoms with Gasteiger partial charge in [0.05, 0.1) is 6.10 Å². The Morgan fingerprint density at radius 2 is 1.90 bits per heavy atom. The smallest absolute Gasteiger partial charge is 0.276 e. The summed E-state index contributed by atoms with van der Waals surface area (Å²) in [5.41, 5.74) is 6.24. The number of carbonyl (C=O) groups is 2. The predicted octanol–water partition coefficient (Wildman–Crippen LogP) is 3.65. The molecule has 9 heteroatoms. The van der Waals surface area contributed by atoms with E-state index in [4.69, 9.17) is 21.7 Å². The Morgan fingerprint density at radius 3 is 2.60 bits per heavy atom. The van der Waals surface area contributed by atoms with Crippen molar-refractivity contribution in [2.24, 2.45) is 0 Å². The first-order valence-corrected chi connectivity index (χ1v) is 10.5. The van der Waals surface area contributed by atoms with Crippen molar-refractivity contribution in [3.63, 3.8) is 0 Å². The fraction of sp³-hybridized carbons (Fsp3) is 0.286. The summed E-state index contributed by atoms with van der Waals surface area (Å²) in [5.74, 6) is 0.305. The van der Waals surface area contributed by atoms with Crippen molar-refractivity contribution in [2.75, 3.05) is 6.61 Å². The highest BCUT2D eigenvalue weighted by atomic mass is 79.9. The molecule has 2 rings (SSSR count). The quantitative estimate of drug-likeness (QED) is 0.403. The number of hydrogen-bond acceptors (Lipinski definition) is 5. The highest BCUT2D eigenvalue weighted by molar-refractivity contribution is 9.10. The van der Waals surface area contributed by atoms with Crippen LogP contribution in [0.2, 0.25) is 0 Å². The van der Waals surface area contributed by atoms with Crippen LogP contribution in [0.25, 0.3) is 0 Å². The zero-order valence-corrected chi connectivity index (χ0v) is 19.4. The van der Waals surface area contributed by atoms with Crippen LogP contribution in [-0.4, -0.2) is 29.6 Å². The Labute approximate surface area is 189 Å². The van der Waals surface area contributed by atoms with E-state index in [0.29, 0.717) is 17.1 Å². The van der Waals surface area contributed by atoms with Crippen molar-refractivity contribution in [3.8, 4) is 11.5 Å². The maximum atomic E-state index is 12.3. The number of rotatable bonds is 7. The lowest BCUT2D eigenvalue weighted by Crippen LogP contribution is -2.49. The van der Waals surface area contributed by atoms with Gasteiger partial charge in [0.1, 0.15) is 11.5 Å². The van der Waals surface area contributed by atoms with Crippen LogP contribution in [0.3, 0.4) is 0 Å². The third kappa shape index (κ3) is 7.64. The summed E-state index contributed by atoms with van der Waals surface area (Å²) in [5, 5.41) is 2.46. The van der Waals surface area contributed by atoms with Gasteiger partial charge in [0.15, 0.2) is 11.7 Å². The van der Waals surface area contributed by atoms with Crippen LogP contribution in [0, 0.1) is 6.92 Å². The lowest BCUT2D eigenvalue weighted by molar-refractivity contribution is -0.123. The van der Waals surface area contributed by atoms with Gasteiger partial charge in [-0.15, -0.1) is 0 Å². The average Bonchev–Trinajstić information content (AvgIpc) is 2.73. The predicted molar refractivity (Wildman–Crippen MR) is 123 cm³/mol. The van der Waals surface area contributed by atoms with E-state index in [1.54, 1.807) is 30.3 Å². The Kier molecular flexibility index (Phi) is 9.07. The highest BCUT2D eigenvalue weighted by Crippen LogP contribution is 2.21. The van der Waals surface area contributed by atoms with Gasteiger partial charge < -0.3 is 9.47 Å². The van der Waals surface area contributed by atoms with Gasteiger partial charge in [-0.1, -0.05) is 28.9 Å². The summed E-state index contributed by atoms with van der Waals surface area (Å²) in [4.78, 5) is 24.2. The molecule has 2 aromatic carbocycles. The van der Waals surface area contributed by atoms with Crippen LogP contribution < -0.4 is 25.6 Å². The van der Waals surface area contributed by atoms with Crippen LogP contribution in [0.15, 0.2) is 46.9 Å². The normalized spacial score (nSPS) is 11.2. The number of nitrogens with one attached hydrogen (secondary N) is 3. The first kappa shape index (κ1) is 23.6. The molecular weight excluding hydrogens is 470 g/mol. The second-order valence-electron chi connectivity index (χ2n) is 6.52. The van der Waals surface area contributed by atoms with E-state index in [1.165, 1.54) is 0 Å². The Bertz CT molecular complexity index is 923. The van der Waals surface area contributed by atoms with Crippen LogP contribution in [0.5, 0.6) is 11.5 Å². The molecule has 0 fully saturated rings. The van der Waals surface area contributed by atoms with Gasteiger partial charge in [0, 0.05) is 10.0 Å². The Balaban J connectivity index is 1.78. The fourth-order valence-electron chi connectivity index (χ4n) is 2.25. The Hall–Kier alpha value is -2.65. The maximum absolute atomic E-state index is 12.3. The number of carbonyl (C=O) groups excluding carboxylic acids is 2. The third-order valence-corrected chi connectivity index (χ3v) is 5.14. The molecule has 0 spiro atoms. The molecular formula is C21H24BrN3O4S. The third-order valence-electron chi connectivity index (χ3n) is 4.05. The van der Waals surface area contributed by atoms with Gasteiger partial charge in [0.2, 0.25) is 0 Å². The largest absolute Gasteiger partial charge is 0.491 e. The molecule has 0 bridgehead atoms. The van der Waals surface area contributed by atoms with Crippen molar-refractivity contribution in [1.82, 2.24) is 16.2 Å². The summed E-state index contributed by atoms with van der Waals surface area (Å²) < 4.78 is 12.1. The number of ether oxygens (including phenoxy) is 2. The molecule has 0 aliphatic rings. The second kappa shape index (κ2) is 11.5. The SMILES string of the molecule is CCC(C)Oc1cccc(C(=O)NC(=S)NNC(=O)COc2ccc(Br)c(C)c2)c1. The lowest BCUT2D eigenvalue weighted by atomic mass is 10.2. The molecule has 3 N–H and O–H groups in total. The average molecular weight is 494 g/mol. The molecule has 0 aliphatic carbocycles. The number of thiocarbonyl (C=S) groups is 1. The summed E-state index contributed by atoms with van der Waals surface area (Å²) in [7, 11) is 0. The first-order chi connectivity index (χ1) is 14.3. The molecule has 7 nitrogen and oxygen atoms in total. The van der Waals surface area contributed by atoms with E-state index < -0.39 is 11.8 Å². The van der Waals surface area contributed by atoms with Gasteiger partial charge in [0.25, 0.3) is 11.8 Å². The molecule has 0 saturated heterocycles. The van der Waals surface area contributed by atoms with Gasteiger partial charge in [-0.3, -0.25) is 25.8 Å². The summed E-state index contributed by atoms with van der Waals surface area (Å²) in [6.07, 6.45) is 0.903.